The lowest BCUT2D eigenvalue weighted by Crippen LogP contribution is -2.38. The van der Waals surface area contributed by atoms with Crippen LogP contribution in [0.4, 0.5) is 10.1 Å². The number of nitrogens with one attached hydrogen (secondary N) is 1. The number of halogens is 1. The Morgan fingerprint density at radius 2 is 1.54 bits per heavy atom. The van der Waals surface area contributed by atoms with Gasteiger partial charge in [0, 0.05) is 13.1 Å². The zero-order valence-electron chi connectivity index (χ0n) is 12.9. The highest BCUT2D eigenvalue weighted by Crippen LogP contribution is 2.20. The quantitative estimate of drug-likeness (QED) is 0.800. The second-order valence-corrected chi connectivity index (χ2v) is 8.67. The fourth-order valence-electron chi connectivity index (χ4n) is 2.08. The largest absolute Gasteiger partial charge is 0.266 e. The number of hydrogen-bond acceptors (Lipinski definition) is 4. The first kappa shape index (κ1) is 18.4. The summed E-state index contributed by atoms with van der Waals surface area (Å²) in [6.45, 7) is -0.426. The molecule has 2 aromatic carbocycles. The molecule has 0 aromatic heterocycles. The third kappa shape index (κ3) is 4.53. The van der Waals surface area contributed by atoms with Gasteiger partial charge in [0.2, 0.25) is 20.0 Å². The molecule has 0 unspecified atom stereocenters. The van der Waals surface area contributed by atoms with Gasteiger partial charge in [-0.25, -0.2) is 25.9 Å². The van der Waals surface area contributed by atoms with E-state index in [1.807, 2.05) is 0 Å². The van der Waals surface area contributed by atoms with Crippen molar-refractivity contribution in [3.8, 4) is 0 Å². The normalized spacial score (nSPS) is 12.1. The van der Waals surface area contributed by atoms with Crippen molar-refractivity contribution in [3.05, 3.63) is 60.4 Å². The SMILES string of the molecule is CS(=O)(=O)N(CCNS(=O)(=O)c1ccccc1)c1ccccc1F. The molecular weight excluding hydrogens is 355 g/mol. The molecule has 2 rings (SSSR count). The third-order valence-electron chi connectivity index (χ3n) is 3.18. The lowest BCUT2D eigenvalue weighted by molar-refractivity contribution is 0.576. The molecule has 0 fully saturated rings. The van der Waals surface area contributed by atoms with Crippen LogP contribution in [-0.2, 0) is 20.0 Å². The number of hydrogen-bond donors (Lipinski definition) is 1. The number of benzene rings is 2. The topological polar surface area (TPSA) is 83.6 Å². The number of nitrogens with zero attached hydrogens (tertiary/aromatic N) is 1. The Hall–Kier alpha value is -1.97. The fraction of sp³-hybridized carbons (Fsp3) is 0.200. The van der Waals surface area contributed by atoms with Crippen LogP contribution in [0, 0.1) is 5.82 Å². The van der Waals surface area contributed by atoms with Crippen molar-refractivity contribution in [1.29, 1.82) is 0 Å². The van der Waals surface area contributed by atoms with Crippen LogP contribution in [0.1, 0.15) is 0 Å². The molecule has 0 heterocycles. The predicted molar refractivity (Wildman–Crippen MR) is 90.2 cm³/mol. The molecule has 130 valence electrons. The maximum atomic E-state index is 13.9. The molecule has 0 amide bonds. The minimum Gasteiger partial charge on any atom is -0.266 e. The highest BCUT2D eigenvalue weighted by molar-refractivity contribution is 7.92. The van der Waals surface area contributed by atoms with Gasteiger partial charge in [-0.2, -0.15) is 0 Å². The van der Waals surface area contributed by atoms with Gasteiger partial charge in [0.05, 0.1) is 16.8 Å². The molecule has 0 aliphatic carbocycles. The first-order chi connectivity index (χ1) is 11.2. The van der Waals surface area contributed by atoms with Crippen molar-refractivity contribution >= 4 is 25.7 Å². The van der Waals surface area contributed by atoms with Crippen molar-refractivity contribution < 1.29 is 21.2 Å². The Labute approximate surface area is 141 Å². The zero-order chi connectivity index (χ0) is 17.8. The van der Waals surface area contributed by atoms with Gasteiger partial charge >= 0.3 is 0 Å². The first-order valence-electron chi connectivity index (χ1n) is 6.99. The molecule has 0 aliphatic heterocycles. The van der Waals surface area contributed by atoms with Gasteiger partial charge < -0.3 is 0 Å². The van der Waals surface area contributed by atoms with E-state index in [0.717, 1.165) is 16.6 Å². The molecule has 1 N–H and O–H groups in total. The van der Waals surface area contributed by atoms with E-state index in [2.05, 4.69) is 4.72 Å². The molecule has 0 spiro atoms. The predicted octanol–water partition coefficient (Wildman–Crippen LogP) is 1.57. The summed E-state index contributed by atoms with van der Waals surface area (Å²) in [5.41, 5.74) is -0.126. The van der Waals surface area contributed by atoms with E-state index in [1.54, 1.807) is 18.2 Å². The standard InChI is InChI=1S/C15H17FN2O4S2/c1-23(19,20)18(15-10-6-5-9-14(15)16)12-11-17-24(21,22)13-7-3-2-4-8-13/h2-10,17H,11-12H2,1H3. The van der Waals surface area contributed by atoms with Gasteiger partial charge in [-0.05, 0) is 24.3 Å². The van der Waals surface area contributed by atoms with E-state index in [1.165, 1.54) is 30.3 Å². The van der Waals surface area contributed by atoms with Gasteiger partial charge in [0.1, 0.15) is 5.82 Å². The van der Waals surface area contributed by atoms with Crippen LogP contribution in [0.15, 0.2) is 59.5 Å². The Morgan fingerprint density at radius 1 is 0.958 bits per heavy atom. The summed E-state index contributed by atoms with van der Waals surface area (Å²) in [6.07, 6.45) is 0.936. The Bertz CT molecular complexity index is 900. The van der Waals surface area contributed by atoms with Gasteiger partial charge in [-0.3, -0.25) is 4.31 Å². The smallest absolute Gasteiger partial charge is 0.240 e. The zero-order valence-corrected chi connectivity index (χ0v) is 14.5. The van der Waals surface area contributed by atoms with E-state index in [9.17, 15) is 21.2 Å². The lowest BCUT2D eigenvalue weighted by atomic mass is 10.3. The fourth-order valence-corrected chi connectivity index (χ4v) is 4.05. The van der Waals surface area contributed by atoms with Crippen LogP contribution < -0.4 is 9.03 Å². The number of rotatable bonds is 7. The molecule has 0 saturated carbocycles. The average molecular weight is 372 g/mol. The number of sulfonamides is 2. The van der Waals surface area contributed by atoms with Crippen molar-refractivity contribution in [2.24, 2.45) is 0 Å². The molecular formula is C15H17FN2O4S2. The molecule has 2 aromatic rings. The summed E-state index contributed by atoms with van der Waals surface area (Å²) in [5, 5.41) is 0. The summed E-state index contributed by atoms with van der Waals surface area (Å²) < 4.78 is 65.0. The average Bonchev–Trinajstić information content (AvgIpc) is 2.52. The minimum absolute atomic E-state index is 0.0711. The molecule has 0 saturated heterocycles. The van der Waals surface area contributed by atoms with Crippen LogP contribution in [-0.4, -0.2) is 36.2 Å². The van der Waals surface area contributed by atoms with Crippen LogP contribution in [0.25, 0.3) is 0 Å². The summed E-state index contributed by atoms with van der Waals surface area (Å²) in [7, 11) is -7.52. The van der Waals surface area contributed by atoms with E-state index in [0.29, 0.717) is 0 Å². The van der Waals surface area contributed by atoms with E-state index >= 15 is 0 Å². The summed E-state index contributed by atoms with van der Waals surface area (Å²) >= 11 is 0. The molecule has 0 atom stereocenters. The number of para-hydroxylation sites is 1. The van der Waals surface area contributed by atoms with E-state index < -0.39 is 25.9 Å². The second-order valence-electron chi connectivity index (χ2n) is 5.00. The maximum Gasteiger partial charge on any atom is 0.240 e. The summed E-state index contributed by atoms with van der Waals surface area (Å²) in [5.74, 6) is -0.700. The van der Waals surface area contributed by atoms with Crippen LogP contribution >= 0.6 is 0 Å². The Balaban J connectivity index is 2.14. The molecule has 0 radical (unpaired) electrons. The van der Waals surface area contributed by atoms with Gasteiger partial charge in [-0.15, -0.1) is 0 Å². The molecule has 6 nitrogen and oxygen atoms in total. The molecule has 0 bridgehead atoms. The highest BCUT2D eigenvalue weighted by Gasteiger charge is 2.21. The molecule has 9 heteroatoms. The Morgan fingerprint density at radius 3 is 2.12 bits per heavy atom. The van der Waals surface area contributed by atoms with Gasteiger partial charge in [0.25, 0.3) is 0 Å². The van der Waals surface area contributed by atoms with Crippen LogP contribution in [0.5, 0.6) is 0 Å². The van der Waals surface area contributed by atoms with E-state index in [4.69, 9.17) is 0 Å². The summed E-state index contributed by atoms with van der Waals surface area (Å²) in [4.78, 5) is 0.0711. The van der Waals surface area contributed by atoms with Gasteiger partial charge in [0.15, 0.2) is 0 Å². The van der Waals surface area contributed by atoms with Crippen molar-refractivity contribution in [2.75, 3.05) is 23.7 Å². The Kier molecular flexibility index (Phi) is 5.58. The van der Waals surface area contributed by atoms with Crippen LogP contribution in [0.2, 0.25) is 0 Å². The van der Waals surface area contributed by atoms with Crippen molar-refractivity contribution in [3.63, 3.8) is 0 Å². The van der Waals surface area contributed by atoms with Crippen molar-refractivity contribution in [1.82, 2.24) is 4.72 Å². The van der Waals surface area contributed by atoms with E-state index in [-0.39, 0.29) is 23.7 Å². The first-order valence-corrected chi connectivity index (χ1v) is 10.3. The minimum atomic E-state index is -3.76. The second kappa shape index (κ2) is 7.29. The highest BCUT2D eigenvalue weighted by atomic mass is 32.2. The lowest BCUT2D eigenvalue weighted by Gasteiger charge is -2.23. The molecule has 24 heavy (non-hydrogen) atoms. The monoisotopic (exact) mass is 372 g/mol. The number of anilines is 1. The van der Waals surface area contributed by atoms with Crippen LogP contribution in [0.3, 0.4) is 0 Å². The van der Waals surface area contributed by atoms with Crippen molar-refractivity contribution in [2.45, 2.75) is 4.90 Å². The van der Waals surface area contributed by atoms with Gasteiger partial charge in [-0.1, -0.05) is 30.3 Å². The molecule has 0 aliphatic rings. The summed E-state index contributed by atoms with van der Waals surface area (Å²) in [6, 6.07) is 13.1. The maximum absolute atomic E-state index is 13.9. The third-order valence-corrected chi connectivity index (χ3v) is 5.84.